The van der Waals surface area contributed by atoms with Crippen LogP contribution in [0.4, 0.5) is 5.13 Å². The first-order valence-electron chi connectivity index (χ1n) is 8.09. The maximum absolute atomic E-state index is 12.2. The topological polar surface area (TPSA) is 86.2 Å². The van der Waals surface area contributed by atoms with Crippen LogP contribution >= 0.6 is 34.4 Å². The number of carbonyl (C=O) groups is 1. The van der Waals surface area contributed by atoms with Crippen molar-refractivity contribution < 1.29 is 4.79 Å². The maximum Gasteiger partial charge on any atom is 0.258 e. The molecule has 4 rings (SSSR count). The standard InChI is InChI=1S/C18H15N5OS3/c19-16-21-22-18(27-16)26-11-15(24)20-17-23(8-9-25-17)10-13-6-3-5-12-4-1-2-7-14(12)13/h1-9H,10-11H2,(H2,19,21). The fraction of sp³-hybridized carbons (Fsp3) is 0.111. The Bertz CT molecular complexity index is 1160. The molecule has 1 amide bonds. The summed E-state index contributed by atoms with van der Waals surface area (Å²) in [4.78, 5) is 17.2. The Morgan fingerprint density at radius 1 is 1.19 bits per heavy atom. The molecule has 0 aliphatic carbocycles. The van der Waals surface area contributed by atoms with Gasteiger partial charge in [-0.1, -0.05) is 65.6 Å². The third-order valence-corrected chi connectivity index (χ3v) is 6.51. The van der Waals surface area contributed by atoms with Crippen LogP contribution in [0.15, 0.2) is 63.4 Å². The Morgan fingerprint density at radius 3 is 2.89 bits per heavy atom. The molecule has 6 nitrogen and oxygen atoms in total. The number of thiazole rings is 1. The summed E-state index contributed by atoms with van der Waals surface area (Å²) < 4.78 is 2.67. The molecule has 0 fully saturated rings. The van der Waals surface area contributed by atoms with Gasteiger partial charge in [0.1, 0.15) is 0 Å². The molecule has 2 aromatic carbocycles. The second-order valence-corrected chi connectivity index (χ2v) is 8.76. The molecule has 0 aliphatic rings. The SMILES string of the molecule is Nc1nnc(SCC(=O)N=c2sccn2Cc2cccc3ccccc23)s1. The van der Waals surface area contributed by atoms with Gasteiger partial charge < -0.3 is 10.3 Å². The lowest BCUT2D eigenvalue weighted by molar-refractivity contribution is -0.115. The van der Waals surface area contributed by atoms with Gasteiger partial charge in [-0.2, -0.15) is 4.99 Å². The summed E-state index contributed by atoms with van der Waals surface area (Å²) in [6.45, 7) is 0.664. The first-order chi connectivity index (χ1) is 13.2. The highest BCUT2D eigenvalue weighted by Crippen LogP contribution is 2.23. The Kier molecular flexibility index (Phi) is 5.33. The summed E-state index contributed by atoms with van der Waals surface area (Å²) in [5.74, 6) is 0.00347. The Labute approximate surface area is 167 Å². The van der Waals surface area contributed by atoms with E-state index in [0.29, 0.717) is 20.8 Å². The van der Waals surface area contributed by atoms with E-state index in [2.05, 4.69) is 45.5 Å². The predicted molar refractivity (Wildman–Crippen MR) is 111 cm³/mol. The number of nitrogens with zero attached hydrogens (tertiary/aromatic N) is 4. The molecular weight excluding hydrogens is 398 g/mol. The monoisotopic (exact) mass is 413 g/mol. The summed E-state index contributed by atoms with van der Waals surface area (Å²) in [6, 6.07) is 14.5. The highest BCUT2D eigenvalue weighted by molar-refractivity contribution is 8.01. The molecule has 0 radical (unpaired) electrons. The van der Waals surface area contributed by atoms with E-state index in [1.54, 1.807) is 0 Å². The van der Waals surface area contributed by atoms with Crippen LogP contribution in [0.3, 0.4) is 0 Å². The number of anilines is 1. The van der Waals surface area contributed by atoms with Crippen LogP contribution in [0.25, 0.3) is 10.8 Å². The molecule has 9 heteroatoms. The van der Waals surface area contributed by atoms with Crippen molar-refractivity contribution in [3.63, 3.8) is 0 Å². The van der Waals surface area contributed by atoms with Crippen LogP contribution in [-0.4, -0.2) is 26.4 Å². The highest BCUT2D eigenvalue weighted by atomic mass is 32.2. The van der Waals surface area contributed by atoms with E-state index in [4.69, 9.17) is 5.73 Å². The van der Waals surface area contributed by atoms with Gasteiger partial charge in [0.05, 0.1) is 12.3 Å². The van der Waals surface area contributed by atoms with Gasteiger partial charge in [-0.15, -0.1) is 21.5 Å². The van der Waals surface area contributed by atoms with E-state index in [9.17, 15) is 4.79 Å². The maximum atomic E-state index is 12.2. The third kappa shape index (κ3) is 4.26. The second kappa shape index (κ2) is 8.03. The highest BCUT2D eigenvalue weighted by Gasteiger charge is 2.08. The summed E-state index contributed by atoms with van der Waals surface area (Å²) in [5, 5.41) is 12.4. The molecule has 0 aliphatic heterocycles. The third-order valence-electron chi connectivity index (χ3n) is 3.84. The zero-order valence-corrected chi connectivity index (χ0v) is 16.6. The first-order valence-corrected chi connectivity index (χ1v) is 10.8. The average molecular weight is 414 g/mol. The van der Waals surface area contributed by atoms with Gasteiger partial charge in [-0.25, -0.2) is 0 Å². The molecular formula is C18H15N5OS3. The molecule has 0 saturated carbocycles. The smallest absolute Gasteiger partial charge is 0.258 e. The van der Waals surface area contributed by atoms with Crippen molar-refractivity contribution in [2.45, 2.75) is 10.9 Å². The van der Waals surface area contributed by atoms with E-state index in [1.807, 2.05) is 28.3 Å². The van der Waals surface area contributed by atoms with Crippen molar-refractivity contribution in [2.75, 3.05) is 11.5 Å². The molecule has 0 spiro atoms. The first kappa shape index (κ1) is 17.9. The van der Waals surface area contributed by atoms with Gasteiger partial charge in [-0.3, -0.25) is 4.79 Å². The number of thioether (sulfide) groups is 1. The lowest BCUT2D eigenvalue weighted by atomic mass is 10.0. The van der Waals surface area contributed by atoms with Crippen molar-refractivity contribution in [1.82, 2.24) is 14.8 Å². The largest absolute Gasteiger partial charge is 0.374 e. The molecule has 4 aromatic rings. The molecule has 0 atom stereocenters. The van der Waals surface area contributed by atoms with Gasteiger partial charge in [0, 0.05) is 11.6 Å². The molecule has 2 N–H and O–H groups in total. The molecule has 0 unspecified atom stereocenters. The van der Waals surface area contributed by atoms with E-state index >= 15 is 0 Å². The fourth-order valence-corrected chi connectivity index (χ4v) is 4.83. The van der Waals surface area contributed by atoms with E-state index in [1.165, 1.54) is 50.8 Å². The predicted octanol–water partition coefficient (Wildman–Crippen LogP) is 3.40. The van der Waals surface area contributed by atoms with E-state index in [0.717, 1.165) is 0 Å². The number of nitrogen functional groups attached to an aromatic ring is 1. The van der Waals surface area contributed by atoms with Crippen LogP contribution in [0.5, 0.6) is 0 Å². The van der Waals surface area contributed by atoms with E-state index in [-0.39, 0.29) is 11.7 Å². The normalized spacial score (nSPS) is 11.9. The Hall–Kier alpha value is -2.49. The quantitative estimate of drug-likeness (QED) is 0.507. The molecule has 27 heavy (non-hydrogen) atoms. The van der Waals surface area contributed by atoms with E-state index < -0.39 is 0 Å². The Morgan fingerprint density at radius 2 is 2.04 bits per heavy atom. The van der Waals surface area contributed by atoms with Gasteiger partial charge in [0.2, 0.25) is 5.13 Å². The number of hydrogen-bond donors (Lipinski definition) is 1. The summed E-state index contributed by atoms with van der Waals surface area (Å²) in [6.07, 6.45) is 1.96. The molecule has 136 valence electrons. The van der Waals surface area contributed by atoms with Crippen molar-refractivity contribution in [2.24, 2.45) is 4.99 Å². The van der Waals surface area contributed by atoms with Crippen LogP contribution in [0.1, 0.15) is 5.56 Å². The minimum Gasteiger partial charge on any atom is -0.374 e. The number of nitrogens with two attached hydrogens (primary N) is 1. The van der Waals surface area contributed by atoms with Crippen molar-refractivity contribution in [3.05, 3.63) is 64.4 Å². The summed E-state index contributed by atoms with van der Waals surface area (Å²) in [7, 11) is 0. The zero-order valence-electron chi connectivity index (χ0n) is 14.1. The number of amides is 1. The Balaban J connectivity index is 1.53. The van der Waals surface area contributed by atoms with Crippen LogP contribution in [0.2, 0.25) is 0 Å². The average Bonchev–Trinajstić information content (AvgIpc) is 3.29. The van der Waals surface area contributed by atoms with Crippen molar-refractivity contribution in [1.29, 1.82) is 0 Å². The minimum absolute atomic E-state index is 0.206. The number of aromatic nitrogens is 3. The van der Waals surface area contributed by atoms with Gasteiger partial charge in [0.25, 0.3) is 5.91 Å². The summed E-state index contributed by atoms with van der Waals surface area (Å²) >= 11 is 4.01. The molecule has 0 saturated heterocycles. The van der Waals surface area contributed by atoms with Gasteiger partial charge in [0.15, 0.2) is 9.14 Å². The van der Waals surface area contributed by atoms with Crippen molar-refractivity contribution in [3.8, 4) is 0 Å². The molecule has 2 heterocycles. The van der Waals surface area contributed by atoms with Gasteiger partial charge >= 0.3 is 0 Å². The molecule has 0 bridgehead atoms. The van der Waals surface area contributed by atoms with Crippen LogP contribution in [0, 0.1) is 0 Å². The minimum atomic E-state index is -0.206. The van der Waals surface area contributed by atoms with Gasteiger partial charge in [-0.05, 0) is 16.3 Å². The number of rotatable bonds is 5. The number of fused-ring (bicyclic) bond motifs is 1. The van der Waals surface area contributed by atoms with Crippen LogP contribution in [-0.2, 0) is 11.3 Å². The number of carbonyl (C=O) groups excluding carboxylic acids is 1. The van der Waals surface area contributed by atoms with Crippen LogP contribution < -0.4 is 10.5 Å². The number of hydrogen-bond acceptors (Lipinski definition) is 7. The zero-order chi connectivity index (χ0) is 18.6. The summed E-state index contributed by atoms with van der Waals surface area (Å²) in [5.41, 5.74) is 6.74. The second-order valence-electron chi connectivity index (χ2n) is 5.65. The lowest BCUT2D eigenvalue weighted by Crippen LogP contribution is -2.17. The van der Waals surface area contributed by atoms with Crippen molar-refractivity contribution >= 4 is 56.2 Å². The lowest BCUT2D eigenvalue weighted by Gasteiger charge is -2.07. The molecule has 2 aromatic heterocycles. The number of benzene rings is 2. The fourth-order valence-electron chi connectivity index (χ4n) is 2.66.